The van der Waals surface area contributed by atoms with Crippen LogP contribution in [0.2, 0.25) is 0 Å². The second-order valence-corrected chi connectivity index (χ2v) is 7.49. The van der Waals surface area contributed by atoms with Gasteiger partial charge in [-0.15, -0.1) is 0 Å². The molecule has 1 heterocycles. The Bertz CT molecular complexity index is 982. The normalized spacial score (nSPS) is 11.0. The number of carbonyl (C=O) groups is 1. The molecule has 0 spiro atoms. The summed E-state index contributed by atoms with van der Waals surface area (Å²) < 4.78 is 11.0. The van der Waals surface area contributed by atoms with Crippen LogP contribution in [0.4, 0.5) is 11.6 Å². The maximum absolute atomic E-state index is 12.7. The van der Waals surface area contributed by atoms with Gasteiger partial charge in [0.2, 0.25) is 5.95 Å². The third-order valence-electron chi connectivity index (χ3n) is 4.49. The van der Waals surface area contributed by atoms with Gasteiger partial charge in [0.15, 0.2) is 5.60 Å². The number of carbonyl (C=O) groups excluding carboxylic acids is 1. The van der Waals surface area contributed by atoms with E-state index in [0.29, 0.717) is 17.4 Å². The van der Waals surface area contributed by atoms with Gasteiger partial charge < -0.3 is 19.7 Å². The van der Waals surface area contributed by atoms with E-state index in [-0.39, 0.29) is 5.91 Å². The Kier molecular flexibility index (Phi) is 6.20. The van der Waals surface area contributed by atoms with Crippen molar-refractivity contribution in [3.8, 4) is 22.6 Å². The van der Waals surface area contributed by atoms with Crippen LogP contribution >= 0.6 is 0 Å². The number of aromatic nitrogens is 2. The molecule has 0 aliphatic heterocycles. The number of nitrogens with one attached hydrogen (secondary N) is 1. The molecule has 7 nitrogen and oxygen atoms in total. The highest BCUT2D eigenvalue weighted by Crippen LogP contribution is 2.24. The van der Waals surface area contributed by atoms with E-state index in [1.54, 1.807) is 57.6 Å². The van der Waals surface area contributed by atoms with Crippen LogP contribution in [0.1, 0.15) is 13.8 Å². The quantitative estimate of drug-likeness (QED) is 0.639. The predicted octanol–water partition coefficient (Wildman–Crippen LogP) is 4.01. The summed E-state index contributed by atoms with van der Waals surface area (Å²) in [6, 6.07) is 14.6. The zero-order valence-corrected chi connectivity index (χ0v) is 17.8. The van der Waals surface area contributed by atoms with Gasteiger partial charge in [0.1, 0.15) is 11.5 Å². The van der Waals surface area contributed by atoms with Crippen molar-refractivity contribution in [2.45, 2.75) is 19.4 Å². The minimum absolute atomic E-state index is 0.246. The summed E-state index contributed by atoms with van der Waals surface area (Å²) in [7, 11) is 5.39. The van der Waals surface area contributed by atoms with Gasteiger partial charge in [0.05, 0.1) is 7.11 Å². The molecule has 156 valence electrons. The van der Waals surface area contributed by atoms with Crippen molar-refractivity contribution in [3.05, 3.63) is 60.9 Å². The molecule has 0 radical (unpaired) electrons. The van der Waals surface area contributed by atoms with E-state index in [4.69, 9.17) is 9.47 Å². The van der Waals surface area contributed by atoms with Crippen molar-refractivity contribution in [3.63, 3.8) is 0 Å². The Morgan fingerprint density at radius 1 is 0.900 bits per heavy atom. The van der Waals surface area contributed by atoms with E-state index < -0.39 is 5.60 Å². The molecule has 1 N–H and O–H groups in total. The molecule has 0 atom stereocenters. The summed E-state index contributed by atoms with van der Waals surface area (Å²) >= 11 is 0. The molecule has 0 unspecified atom stereocenters. The molecule has 0 aliphatic rings. The number of rotatable bonds is 7. The highest BCUT2D eigenvalue weighted by Gasteiger charge is 2.30. The lowest BCUT2D eigenvalue weighted by molar-refractivity contribution is -0.128. The Morgan fingerprint density at radius 2 is 1.47 bits per heavy atom. The molecule has 30 heavy (non-hydrogen) atoms. The predicted molar refractivity (Wildman–Crippen MR) is 118 cm³/mol. The number of hydrogen-bond donors (Lipinski definition) is 1. The van der Waals surface area contributed by atoms with E-state index in [2.05, 4.69) is 15.3 Å². The van der Waals surface area contributed by atoms with E-state index >= 15 is 0 Å². The molecular formula is C23H26N4O3. The molecular weight excluding hydrogens is 380 g/mol. The lowest BCUT2D eigenvalue weighted by Crippen LogP contribution is -2.42. The average molecular weight is 406 g/mol. The third kappa shape index (κ3) is 5.05. The van der Waals surface area contributed by atoms with Crippen molar-refractivity contribution in [2.24, 2.45) is 0 Å². The second-order valence-electron chi connectivity index (χ2n) is 7.49. The first kappa shape index (κ1) is 21.1. The summed E-state index contributed by atoms with van der Waals surface area (Å²) in [4.78, 5) is 23.2. The molecule has 0 aliphatic carbocycles. The maximum Gasteiger partial charge on any atom is 0.267 e. The van der Waals surface area contributed by atoms with Gasteiger partial charge in [-0.3, -0.25) is 4.79 Å². The van der Waals surface area contributed by atoms with Crippen LogP contribution in [0.15, 0.2) is 60.9 Å². The first-order chi connectivity index (χ1) is 14.3. The summed E-state index contributed by atoms with van der Waals surface area (Å²) in [6.45, 7) is 3.45. The molecule has 1 amide bonds. The molecule has 2 aromatic carbocycles. The summed E-state index contributed by atoms with van der Waals surface area (Å²) in [5.41, 5.74) is 1.50. The summed E-state index contributed by atoms with van der Waals surface area (Å²) in [6.07, 6.45) is 3.56. The van der Waals surface area contributed by atoms with Crippen LogP contribution in [0.25, 0.3) is 11.1 Å². The first-order valence-electron chi connectivity index (χ1n) is 9.53. The fourth-order valence-electron chi connectivity index (χ4n) is 2.71. The average Bonchev–Trinajstić information content (AvgIpc) is 2.74. The van der Waals surface area contributed by atoms with Crippen molar-refractivity contribution in [1.29, 1.82) is 0 Å². The monoisotopic (exact) mass is 406 g/mol. The standard InChI is InChI=1S/C23H26N4O3/c1-23(2,30-20-12-10-19(29-5)11-13-20)21(28)26-18-8-6-16(7-9-18)17-14-24-22(25-15-17)27(3)4/h6-15H,1-5H3,(H,26,28). The molecule has 3 rings (SSSR count). The largest absolute Gasteiger partial charge is 0.497 e. The lowest BCUT2D eigenvalue weighted by Gasteiger charge is -2.25. The summed E-state index contributed by atoms with van der Waals surface area (Å²) in [5, 5.41) is 2.90. The minimum Gasteiger partial charge on any atom is -0.497 e. The fraction of sp³-hybridized carbons (Fsp3) is 0.261. The van der Waals surface area contributed by atoms with E-state index in [9.17, 15) is 4.79 Å². The highest BCUT2D eigenvalue weighted by molar-refractivity contribution is 5.97. The highest BCUT2D eigenvalue weighted by atomic mass is 16.5. The molecule has 0 bridgehead atoms. The molecule has 1 aromatic heterocycles. The number of anilines is 2. The smallest absolute Gasteiger partial charge is 0.267 e. The molecule has 0 fully saturated rings. The Labute approximate surface area is 176 Å². The van der Waals surface area contributed by atoms with Crippen LogP contribution in [-0.4, -0.2) is 42.7 Å². The van der Waals surface area contributed by atoms with Crippen LogP contribution in [0, 0.1) is 0 Å². The number of ether oxygens (including phenoxy) is 2. The number of hydrogen-bond acceptors (Lipinski definition) is 6. The maximum atomic E-state index is 12.7. The summed E-state index contributed by atoms with van der Waals surface area (Å²) in [5.74, 6) is 1.73. The molecule has 0 saturated heterocycles. The number of benzene rings is 2. The SMILES string of the molecule is COc1ccc(OC(C)(C)C(=O)Nc2ccc(-c3cnc(N(C)C)nc3)cc2)cc1. The van der Waals surface area contributed by atoms with Gasteiger partial charge >= 0.3 is 0 Å². The van der Waals surface area contributed by atoms with Crippen LogP contribution in [0.3, 0.4) is 0 Å². The van der Waals surface area contributed by atoms with Crippen molar-refractivity contribution < 1.29 is 14.3 Å². The zero-order valence-electron chi connectivity index (χ0n) is 17.8. The number of methoxy groups -OCH3 is 1. The Hall–Kier alpha value is -3.61. The van der Waals surface area contributed by atoms with Gasteiger partial charge in [-0.2, -0.15) is 0 Å². The van der Waals surface area contributed by atoms with Crippen molar-refractivity contribution >= 4 is 17.5 Å². The topological polar surface area (TPSA) is 76.6 Å². The minimum atomic E-state index is -1.05. The van der Waals surface area contributed by atoms with Gasteiger partial charge in [-0.1, -0.05) is 12.1 Å². The van der Waals surface area contributed by atoms with Crippen LogP contribution in [-0.2, 0) is 4.79 Å². The van der Waals surface area contributed by atoms with E-state index in [1.807, 2.05) is 43.3 Å². The van der Waals surface area contributed by atoms with Crippen molar-refractivity contribution in [1.82, 2.24) is 9.97 Å². The van der Waals surface area contributed by atoms with Crippen molar-refractivity contribution in [2.75, 3.05) is 31.4 Å². The van der Waals surface area contributed by atoms with Crippen LogP contribution < -0.4 is 19.7 Å². The first-order valence-corrected chi connectivity index (χ1v) is 9.53. The van der Waals surface area contributed by atoms with Gasteiger partial charge in [0, 0.05) is 37.7 Å². The van der Waals surface area contributed by atoms with Crippen LogP contribution in [0.5, 0.6) is 11.5 Å². The van der Waals surface area contributed by atoms with Gasteiger partial charge in [0.25, 0.3) is 5.91 Å². The number of amides is 1. The molecule has 0 saturated carbocycles. The zero-order chi connectivity index (χ0) is 21.7. The Morgan fingerprint density at radius 3 is 2.00 bits per heavy atom. The van der Waals surface area contributed by atoms with E-state index in [0.717, 1.165) is 16.9 Å². The van der Waals surface area contributed by atoms with Gasteiger partial charge in [-0.05, 0) is 55.8 Å². The second kappa shape index (κ2) is 8.82. The van der Waals surface area contributed by atoms with E-state index in [1.165, 1.54) is 0 Å². The molecule has 7 heteroatoms. The fourth-order valence-corrected chi connectivity index (χ4v) is 2.71. The molecule has 3 aromatic rings. The Balaban J connectivity index is 1.65. The lowest BCUT2D eigenvalue weighted by atomic mass is 10.1. The third-order valence-corrected chi connectivity index (χ3v) is 4.49. The number of nitrogens with zero attached hydrogens (tertiary/aromatic N) is 3. The van der Waals surface area contributed by atoms with Gasteiger partial charge in [-0.25, -0.2) is 9.97 Å².